The Kier molecular flexibility index (Phi) is 5.64. The van der Waals surface area contributed by atoms with Crippen molar-refractivity contribution in [2.45, 2.75) is 19.9 Å². The minimum absolute atomic E-state index is 0.130. The third kappa shape index (κ3) is 4.23. The molecule has 128 valence electrons. The van der Waals surface area contributed by atoms with Crippen molar-refractivity contribution in [3.8, 4) is 0 Å². The molecule has 1 heterocycles. The van der Waals surface area contributed by atoms with Crippen LogP contribution in [-0.4, -0.2) is 64.2 Å². The van der Waals surface area contributed by atoms with E-state index in [0.717, 1.165) is 25.9 Å². The number of benzene rings is 1. The van der Waals surface area contributed by atoms with Gasteiger partial charge in [-0.25, -0.2) is 8.42 Å². The number of carbonyl (C=O) groups excluding carboxylic acids is 1. The first-order valence-electron chi connectivity index (χ1n) is 8.01. The third-order valence-electron chi connectivity index (χ3n) is 4.36. The molecule has 1 saturated heterocycles. The number of carbonyl (C=O) groups is 1. The van der Waals surface area contributed by atoms with Crippen LogP contribution in [-0.2, 0) is 14.8 Å². The van der Waals surface area contributed by atoms with Gasteiger partial charge in [0.15, 0.2) is 0 Å². The minimum Gasteiger partial charge on any atom is -0.332 e. The van der Waals surface area contributed by atoms with Crippen molar-refractivity contribution in [1.29, 1.82) is 0 Å². The van der Waals surface area contributed by atoms with Crippen LogP contribution in [0.25, 0.3) is 0 Å². The third-order valence-corrected chi connectivity index (χ3v) is 5.60. The van der Waals surface area contributed by atoms with Gasteiger partial charge in [0.2, 0.25) is 15.9 Å². The molecule has 1 fully saturated rings. The number of quaternary nitrogens is 1. The van der Waals surface area contributed by atoms with E-state index >= 15 is 0 Å². The lowest BCUT2D eigenvalue weighted by Gasteiger charge is -2.36. The predicted molar refractivity (Wildman–Crippen MR) is 91.0 cm³/mol. The highest BCUT2D eigenvalue weighted by Gasteiger charge is 2.33. The Hall–Kier alpha value is -1.60. The van der Waals surface area contributed by atoms with Gasteiger partial charge in [-0.2, -0.15) is 0 Å². The van der Waals surface area contributed by atoms with Crippen molar-refractivity contribution in [2.24, 2.45) is 0 Å². The van der Waals surface area contributed by atoms with Gasteiger partial charge in [-0.3, -0.25) is 9.10 Å². The van der Waals surface area contributed by atoms with Gasteiger partial charge in [-0.05, 0) is 26.0 Å². The van der Waals surface area contributed by atoms with Crippen LogP contribution in [0.5, 0.6) is 0 Å². The molecule has 0 spiro atoms. The number of rotatable bonds is 5. The standard InChI is InChI=1S/C16H25N3O3S/c1-4-17-10-12-18(13-11-17)16(20)14(2)19(23(3,21)22)15-8-6-5-7-9-15/h5-9,14H,4,10-13H2,1-3H3/p+1/t14-/m1/s1. The number of nitrogens with one attached hydrogen (secondary N) is 1. The first-order valence-corrected chi connectivity index (χ1v) is 9.86. The van der Waals surface area contributed by atoms with E-state index in [-0.39, 0.29) is 5.91 Å². The summed E-state index contributed by atoms with van der Waals surface area (Å²) in [4.78, 5) is 16.0. The van der Waals surface area contributed by atoms with Crippen molar-refractivity contribution in [3.05, 3.63) is 30.3 Å². The first kappa shape index (κ1) is 17.7. The number of piperazine rings is 1. The molecule has 2 rings (SSSR count). The number of sulfonamides is 1. The van der Waals surface area contributed by atoms with Gasteiger partial charge in [0.25, 0.3) is 0 Å². The molecule has 0 saturated carbocycles. The number of hydrogen-bond donors (Lipinski definition) is 1. The molecule has 1 aromatic rings. The molecular formula is C16H26N3O3S+. The summed E-state index contributed by atoms with van der Waals surface area (Å²) in [6.45, 7) is 8.04. The number of para-hydroxylation sites is 1. The van der Waals surface area contributed by atoms with E-state index in [1.54, 1.807) is 36.1 Å². The summed E-state index contributed by atoms with van der Waals surface area (Å²) in [7, 11) is -3.54. The van der Waals surface area contributed by atoms with E-state index in [1.165, 1.54) is 9.21 Å². The second-order valence-electron chi connectivity index (χ2n) is 6.00. The molecule has 1 aliphatic rings. The van der Waals surface area contributed by atoms with E-state index in [1.807, 2.05) is 6.07 Å². The van der Waals surface area contributed by atoms with Gasteiger partial charge < -0.3 is 9.80 Å². The molecule has 23 heavy (non-hydrogen) atoms. The average Bonchev–Trinajstić information content (AvgIpc) is 2.54. The van der Waals surface area contributed by atoms with Crippen LogP contribution < -0.4 is 9.21 Å². The Bertz CT molecular complexity index is 625. The maximum Gasteiger partial charge on any atom is 0.246 e. The van der Waals surface area contributed by atoms with E-state index < -0.39 is 16.1 Å². The molecule has 1 amide bonds. The Morgan fingerprint density at radius 3 is 2.30 bits per heavy atom. The lowest BCUT2D eigenvalue weighted by molar-refractivity contribution is -0.902. The maximum absolute atomic E-state index is 12.8. The zero-order chi connectivity index (χ0) is 17.0. The molecule has 6 nitrogen and oxygen atoms in total. The zero-order valence-corrected chi connectivity index (χ0v) is 14.8. The molecule has 1 aliphatic heterocycles. The van der Waals surface area contributed by atoms with Gasteiger partial charge in [-0.1, -0.05) is 18.2 Å². The average molecular weight is 340 g/mol. The van der Waals surface area contributed by atoms with Crippen LogP contribution >= 0.6 is 0 Å². The van der Waals surface area contributed by atoms with E-state index in [9.17, 15) is 13.2 Å². The highest BCUT2D eigenvalue weighted by molar-refractivity contribution is 7.92. The summed E-state index contributed by atoms with van der Waals surface area (Å²) >= 11 is 0. The lowest BCUT2D eigenvalue weighted by Crippen LogP contribution is -3.14. The second-order valence-corrected chi connectivity index (χ2v) is 7.86. The molecule has 0 aliphatic carbocycles. The van der Waals surface area contributed by atoms with Gasteiger partial charge in [0.05, 0.1) is 44.7 Å². The van der Waals surface area contributed by atoms with Crippen LogP contribution in [0.3, 0.4) is 0 Å². The Balaban J connectivity index is 2.18. The molecule has 0 radical (unpaired) electrons. The van der Waals surface area contributed by atoms with E-state index in [2.05, 4.69) is 6.92 Å². The summed E-state index contributed by atoms with van der Waals surface area (Å²) in [5.74, 6) is -0.130. The van der Waals surface area contributed by atoms with Crippen molar-refractivity contribution >= 4 is 21.6 Å². The topological polar surface area (TPSA) is 62.1 Å². The van der Waals surface area contributed by atoms with Crippen LogP contribution in [0, 0.1) is 0 Å². The fourth-order valence-corrected chi connectivity index (χ4v) is 4.21. The monoisotopic (exact) mass is 340 g/mol. The SMILES string of the molecule is CC[NH+]1CCN(C(=O)[C@@H](C)N(c2ccccc2)S(C)(=O)=O)CC1. The van der Waals surface area contributed by atoms with Crippen LogP contribution in [0.2, 0.25) is 0 Å². The van der Waals surface area contributed by atoms with Gasteiger partial charge >= 0.3 is 0 Å². The molecular weight excluding hydrogens is 314 g/mol. The molecule has 1 atom stereocenters. The zero-order valence-electron chi connectivity index (χ0n) is 14.0. The first-order chi connectivity index (χ1) is 10.8. The summed E-state index contributed by atoms with van der Waals surface area (Å²) in [5, 5.41) is 0. The van der Waals surface area contributed by atoms with Crippen molar-refractivity contribution < 1.29 is 18.1 Å². The summed E-state index contributed by atoms with van der Waals surface area (Å²) in [5.41, 5.74) is 0.522. The van der Waals surface area contributed by atoms with Crippen LogP contribution in [0.15, 0.2) is 30.3 Å². The second kappa shape index (κ2) is 7.31. The van der Waals surface area contributed by atoms with Gasteiger partial charge in [0.1, 0.15) is 6.04 Å². The molecule has 0 unspecified atom stereocenters. The Labute approximate surface area is 138 Å². The summed E-state index contributed by atoms with van der Waals surface area (Å²) in [6, 6.07) is 8.05. The number of amides is 1. The van der Waals surface area contributed by atoms with Crippen molar-refractivity contribution in [3.63, 3.8) is 0 Å². The van der Waals surface area contributed by atoms with Crippen LogP contribution in [0.4, 0.5) is 5.69 Å². The lowest BCUT2D eigenvalue weighted by atomic mass is 10.2. The largest absolute Gasteiger partial charge is 0.332 e. The van der Waals surface area contributed by atoms with Crippen molar-refractivity contribution in [1.82, 2.24) is 4.90 Å². The molecule has 1 N–H and O–H groups in total. The van der Waals surface area contributed by atoms with E-state index in [4.69, 9.17) is 0 Å². The van der Waals surface area contributed by atoms with E-state index in [0.29, 0.717) is 18.8 Å². The Morgan fingerprint density at radius 2 is 1.83 bits per heavy atom. The molecule has 0 bridgehead atoms. The normalized spacial score (nSPS) is 17.8. The summed E-state index contributed by atoms with van der Waals surface area (Å²) < 4.78 is 25.6. The number of hydrogen-bond acceptors (Lipinski definition) is 3. The summed E-state index contributed by atoms with van der Waals surface area (Å²) in [6.07, 6.45) is 1.14. The quantitative estimate of drug-likeness (QED) is 0.793. The van der Waals surface area contributed by atoms with Gasteiger partial charge in [-0.15, -0.1) is 0 Å². The molecule has 0 aromatic heterocycles. The number of likely N-dealkylation sites (N-methyl/N-ethyl adjacent to an activating group) is 1. The Morgan fingerprint density at radius 1 is 1.26 bits per heavy atom. The molecule has 1 aromatic carbocycles. The smallest absolute Gasteiger partial charge is 0.246 e. The minimum atomic E-state index is -3.54. The molecule has 7 heteroatoms. The highest BCUT2D eigenvalue weighted by Crippen LogP contribution is 2.21. The maximum atomic E-state index is 12.8. The fraction of sp³-hybridized carbons (Fsp3) is 0.562. The number of nitrogens with zero attached hydrogens (tertiary/aromatic N) is 2. The fourth-order valence-electron chi connectivity index (χ4n) is 3.04. The van der Waals surface area contributed by atoms with Crippen molar-refractivity contribution in [2.75, 3.05) is 43.3 Å². The predicted octanol–water partition coefficient (Wildman–Crippen LogP) is -0.412. The van der Waals surface area contributed by atoms with Gasteiger partial charge in [0, 0.05) is 0 Å². The highest BCUT2D eigenvalue weighted by atomic mass is 32.2. The number of anilines is 1. The van der Waals surface area contributed by atoms with Crippen LogP contribution in [0.1, 0.15) is 13.8 Å².